The predicted molar refractivity (Wildman–Crippen MR) is 85.7 cm³/mol. The van der Waals surface area contributed by atoms with Crippen LogP contribution in [-0.2, 0) is 14.9 Å². The van der Waals surface area contributed by atoms with Crippen LogP contribution in [0.2, 0.25) is 0 Å². The zero-order valence-electron chi connectivity index (χ0n) is 13.8. The van der Waals surface area contributed by atoms with Crippen molar-refractivity contribution in [2.24, 2.45) is 5.92 Å². The van der Waals surface area contributed by atoms with Crippen LogP contribution in [-0.4, -0.2) is 67.6 Å². The van der Waals surface area contributed by atoms with Crippen LogP contribution in [0.4, 0.5) is 0 Å². The highest BCUT2D eigenvalue weighted by atomic mass is 32.2. The van der Waals surface area contributed by atoms with Gasteiger partial charge in [0.1, 0.15) is 0 Å². The van der Waals surface area contributed by atoms with E-state index in [2.05, 4.69) is 0 Å². The number of hydrogen-bond acceptors (Lipinski definition) is 5. The van der Waals surface area contributed by atoms with Crippen molar-refractivity contribution >= 4 is 10.2 Å². The Kier molecular flexibility index (Phi) is 6.40. The summed E-state index contributed by atoms with van der Waals surface area (Å²) in [4.78, 5) is 0. The van der Waals surface area contributed by atoms with Gasteiger partial charge in [-0.15, -0.1) is 0 Å². The summed E-state index contributed by atoms with van der Waals surface area (Å²) in [5, 5.41) is 19.5. The van der Waals surface area contributed by atoms with Crippen molar-refractivity contribution in [1.82, 2.24) is 8.61 Å². The molecule has 1 saturated carbocycles. The minimum Gasteiger partial charge on any atom is -0.390 e. The highest BCUT2D eigenvalue weighted by Gasteiger charge is 2.46. The molecule has 132 valence electrons. The van der Waals surface area contributed by atoms with E-state index < -0.39 is 15.8 Å². The van der Waals surface area contributed by atoms with Crippen LogP contribution in [0.1, 0.15) is 38.5 Å². The fourth-order valence-electron chi connectivity index (χ4n) is 3.62. The fourth-order valence-corrected chi connectivity index (χ4v) is 5.27. The summed E-state index contributed by atoms with van der Waals surface area (Å²) < 4.78 is 33.6. The molecule has 0 aromatic rings. The van der Waals surface area contributed by atoms with Crippen LogP contribution in [0.5, 0.6) is 0 Å². The molecule has 0 unspecified atom stereocenters. The molecule has 1 heterocycles. The number of nitriles is 1. The number of piperidine rings is 1. The average Bonchev–Trinajstić information content (AvgIpc) is 2.53. The molecule has 8 heteroatoms. The van der Waals surface area contributed by atoms with Crippen molar-refractivity contribution in [3.8, 4) is 6.07 Å². The molecule has 0 spiro atoms. The Balaban J connectivity index is 2.09. The third kappa shape index (κ3) is 4.22. The molecule has 23 heavy (non-hydrogen) atoms. The van der Waals surface area contributed by atoms with Crippen LogP contribution in [0.3, 0.4) is 0 Å². The van der Waals surface area contributed by atoms with Gasteiger partial charge in [0.2, 0.25) is 0 Å². The van der Waals surface area contributed by atoms with Crippen molar-refractivity contribution in [1.29, 1.82) is 5.26 Å². The van der Waals surface area contributed by atoms with Crippen molar-refractivity contribution in [3.05, 3.63) is 0 Å². The molecule has 0 aromatic carbocycles. The topological polar surface area (TPSA) is 93.9 Å². The van der Waals surface area contributed by atoms with Crippen LogP contribution < -0.4 is 0 Å². The van der Waals surface area contributed by atoms with E-state index in [9.17, 15) is 13.5 Å². The SMILES string of the molecule is COCCN(CCC#N)S(=O)(=O)N1CC[C@]2(O)CCCC[C@H]2C1. The van der Waals surface area contributed by atoms with Gasteiger partial charge in [-0.1, -0.05) is 12.8 Å². The molecular weight excluding hydrogens is 318 g/mol. The lowest BCUT2D eigenvalue weighted by Crippen LogP contribution is -2.57. The third-order valence-electron chi connectivity index (χ3n) is 5.06. The zero-order chi connectivity index (χ0) is 16.9. The summed E-state index contributed by atoms with van der Waals surface area (Å²) in [6.45, 7) is 1.42. The monoisotopic (exact) mass is 345 g/mol. The summed E-state index contributed by atoms with van der Waals surface area (Å²) in [5.41, 5.74) is -0.700. The normalized spacial score (nSPS) is 29.2. The minimum absolute atomic E-state index is 0.0139. The Morgan fingerprint density at radius 3 is 2.87 bits per heavy atom. The molecule has 0 aromatic heterocycles. The number of ether oxygens (including phenoxy) is 1. The van der Waals surface area contributed by atoms with Gasteiger partial charge in [0.15, 0.2) is 0 Å². The van der Waals surface area contributed by atoms with E-state index in [0.717, 1.165) is 25.7 Å². The van der Waals surface area contributed by atoms with Gasteiger partial charge in [0.05, 0.1) is 18.3 Å². The summed E-state index contributed by atoms with van der Waals surface area (Å²) in [5.74, 6) is 0.0139. The summed E-state index contributed by atoms with van der Waals surface area (Å²) in [6, 6.07) is 2.00. The summed E-state index contributed by atoms with van der Waals surface area (Å²) >= 11 is 0. The smallest absolute Gasteiger partial charge is 0.282 e. The van der Waals surface area contributed by atoms with Gasteiger partial charge >= 0.3 is 0 Å². The van der Waals surface area contributed by atoms with Crippen molar-refractivity contribution in [2.75, 3.05) is 39.9 Å². The second kappa shape index (κ2) is 7.90. The molecule has 2 rings (SSSR count). The van der Waals surface area contributed by atoms with Crippen molar-refractivity contribution in [3.63, 3.8) is 0 Å². The Labute approximate surface area is 139 Å². The van der Waals surface area contributed by atoms with E-state index in [4.69, 9.17) is 10.00 Å². The Morgan fingerprint density at radius 2 is 2.17 bits per heavy atom. The lowest BCUT2D eigenvalue weighted by atomic mass is 9.72. The van der Waals surface area contributed by atoms with E-state index in [0.29, 0.717) is 26.1 Å². The molecule has 2 atom stereocenters. The summed E-state index contributed by atoms with van der Waals surface area (Å²) in [7, 11) is -2.10. The highest BCUT2D eigenvalue weighted by molar-refractivity contribution is 7.86. The van der Waals surface area contributed by atoms with E-state index >= 15 is 0 Å². The third-order valence-corrected chi connectivity index (χ3v) is 7.06. The Morgan fingerprint density at radius 1 is 1.39 bits per heavy atom. The lowest BCUT2D eigenvalue weighted by molar-refractivity contribution is -0.0823. The predicted octanol–water partition coefficient (Wildman–Crippen LogP) is 0.720. The summed E-state index contributed by atoms with van der Waals surface area (Å²) in [6.07, 6.45) is 4.36. The molecule has 1 aliphatic heterocycles. The van der Waals surface area contributed by atoms with Gasteiger partial charge in [-0.3, -0.25) is 0 Å². The van der Waals surface area contributed by atoms with Gasteiger partial charge in [0, 0.05) is 45.6 Å². The maximum Gasteiger partial charge on any atom is 0.282 e. The van der Waals surface area contributed by atoms with Crippen molar-refractivity contribution < 1.29 is 18.3 Å². The maximum absolute atomic E-state index is 12.9. The highest BCUT2D eigenvalue weighted by Crippen LogP contribution is 2.40. The lowest BCUT2D eigenvalue weighted by Gasteiger charge is -2.47. The van der Waals surface area contributed by atoms with Gasteiger partial charge in [-0.05, 0) is 19.3 Å². The minimum atomic E-state index is -3.62. The van der Waals surface area contributed by atoms with E-state index in [1.165, 1.54) is 15.7 Å². The van der Waals surface area contributed by atoms with Gasteiger partial charge in [-0.25, -0.2) is 0 Å². The van der Waals surface area contributed by atoms with E-state index in [1.807, 2.05) is 6.07 Å². The molecule has 1 N–H and O–H groups in total. The maximum atomic E-state index is 12.9. The average molecular weight is 345 g/mol. The molecule has 7 nitrogen and oxygen atoms in total. The number of hydrogen-bond donors (Lipinski definition) is 1. The molecule has 0 bridgehead atoms. The van der Waals surface area contributed by atoms with Crippen LogP contribution >= 0.6 is 0 Å². The standard InChI is InChI=1S/C15H27N3O4S/c1-22-12-11-17(9-4-8-16)23(20,21)18-10-7-15(19)6-3-2-5-14(15)13-18/h14,19H,2-7,9-13H2,1H3/t14-,15+/m0/s1. The van der Waals surface area contributed by atoms with Gasteiger partial charge < -0.3 is 9.84 Å². The number of aliphatic hydroxyl groups is 1. The van der Waals surface area contributed by atoms with Crippen molar-refractivity contribution in [2.45, 2.75) is 44.1 Å². The fraction of sp³-hybridized carbons (Fsp3) is 0.933. The first kappa shape index (κ1) is 18.6. The number of fused-ring (bicyclic) bond motifs is 1. The Bertz CT molecular complexity index is 533. The molecule has 0 radical (unpaired) electrons. The van der Waals surface area contributed by atoms with Crippen LogP contribution in [0.15, 0.2) is 0 Å². The quantitative estimate of drug-likeness (QED) is 0.734. The molecular formula is C15H27N3O4S. The molecule has 2 aliphatic rings. The molecule has 0 amide bonds. The second-order valence-electron chi connectivity index (χ2n) is 6.46. The molecule has 2 fully saturated rings. The van der Waals surface area contributed by atoms with E-state index in [-0.39, 0.29) is 25.4 Å². The van der Waals surface area contributed by atoms with Crippen LogP contribution in [0.25, 0.3) is 0 Å². The number of nitrogens with zero attached hydrogens (tertiary/aromatic N) is 3. The van der Waals surface area contributed by atoms with Gasteiger partial charge in [0.25, 0.3) is 10.2 Å². The molecule has 1 saturated heterocycles. The largest absolute Gasteiger partial charge is 0.390 e. The number of rotatable bonds is 7. The first-order chi connectivity index (χ1) is 10.9. The second-order valence-corrected chi connectivity index (χ2v) is 8.39. The first-order valence-corrected chi connectivity index (χ1v) is 9.67. The van der Waals surface area contributed by atoms with Crippen LogP contribution in [0, 0.1) is 17.2 Å². The van der Waals surface area contributed by atoms with Gasteiger partial charge in [-0.2, -0.15) is 22.3 Å². The first-order valence-electron chi connectivity index (χ1n) is 8.27. The Hall–Kier alpha value is -0.720. The zero-order valence-corrected chi connectivity index (χ0v) is 14.6. The number of methoxy groups -OCH3 is 1. The molecule has 1 aliphatic carbocycles. The van der Waals surface area contributed by atoms with E-state index in [1.54, 1.807) is 0 Å².